The van der Waals surface area contributed by atoms with E-state index in [-0.39, 0.29) is 0 Å². The summed E-state index contributed by atoms with van der Waals surface area (Å²) in [6, 6.07) is 0.700. The monoisotopic (exact) mass is 280 g/mol. The van der Waals surface area contributed by atoms with Gasteiger partial charge in [-0.2, -0.15) is 0 Å². The first-order valence-corrected chi connectivity index (χ1v) is 8.99. The second-order valence-electron chi connectivity index (χ2n) is 7.95. The molecule has 0 aliphatic heterocycles. The van der Waals surface area contributed by atoms with Crippen LogP contribution in [0.2, 0.25) is 0 Å². The molecule has 0 amide bonds. The minimum Gasteiger partial charge on any atom is -0.316 e. The molecular weight excluding hydrogens is 244 g/mol. The molecule has 2 rings (SSSR count). The van der Waals surface area contributed by atoms with Gasteiger partial charge in [0.1, 0.15) is 0 Å². The van der Waals surface area contributed by atoms with E-state index in [1.54, 1.807) is 0 Å². The third-order valence-corrected chi connectivity index (χ3v) is 5.39. The summed E-state index contributed by atoms with van der Waals surface area (Å²) in [4.78, 5) is 2.78. The standard InChI is InChI=1S/C18H36N2/c1-5-19-13-18(10-6-7-16(4)11-18)14-20(15(2)3)12-17-8-9-17/h15-17,19H,5-14H2,1-4H3. The van der Waals surface area contributed by atoms with Gasteiger partial charge < -0.3 is 10.2 Å². The van der Waals surface area contributed by atoms with E-state index in [0.717, 1.165) is 18.4 Å². The SMILES string of the molecule is CCNCC1(CN(CC2CC2)C(C)C)CCCC(C)C1. The maximum absolute atomic E-state index is 3.67. The van der Waals surface area contributed by atoms with Gasteiger partial charge in [-0.05, 0) is 63.3 Å². The first kappa shape index (κ1) is 16.3. The Hall–Kier alpha value is -0.0800. The first-order chi connectivity index (χ1) is 9.54. The lowest BCUT2D eigenvalue weighted by molar-refractivity contribution is 0.0626. The number of hydrogen-bond acceptors (Lipinski definition) is 2. The summed E-state index contributed by atoms with van der Waals surface area (Å²) in [6.45, 7) is 14.5. The van der Waals surface area contributed by atoms with Crippen LogP contribution < -0.4 is 5.32 Å². The first-order valence-electron chi connectivity index (χ1n) is 8.99. The van der Waals surface area contributed by atoms with E-state index in [1.807, 2.05) is 0 Å². The molecule has 0 radical (unpaired) electrons. The number of nitrogens with zero attached hydrogens (tertiary/aromatic N) is 1. The molecule has 0 aromatic heterocycles. The summed E-state index contributed by atoms with van der Waals surface area (Å²) in [5.74, 6) is 1.92. The van der Waals surface area contributed by atoms with E-state index >= 15 is 0 Å². The highest BCUT2D eigenvalue weighted by molar-refractivity contribution is 4.91. The smallest absolute Gasteiger partial charge is 0.00531 e. The number of rotatable bonds is 8. The Morgan fingerprint density at radius 3 is 2.55 bits per heavy atom. The average Bonchev–Trinajstić information content (AvgIpc) is 3.20. The normalized spacial score (nSPS) is 31.2. The van der Waals surface area contributed by atoms with Crippen molar-refractivity contribution in [1.29, 1.82) is 0 Å². The highest BCUT2D eigenvalue weighted by Gasteiger charge is 2.37. The van der Waals surface area contributed by atoms with Crippen LogP contribution in [0.3, 0.4) is 0 Å². The van der Waals surface area contributed by atoms with Crippen molar-refractivity contribution in [2.45, 2.75) is 72.3 Å². The van der Waals surface area contributed by atoms with Gasteiger partial charge in [0.05, 0.1) is 0 Å². The molecule has 0 saturated heterocycles. The van der Waals surface area contributed by atoms with Crippen molar-refractivity contribution < 1.29 is 0 Å². The number of nitrogens with one attached hydrogen (secondary N) is 1. The lowest BCUT2D eigenvalue weighted by atomic mass is 9.69. The molecule has 2 unspecified atom stereocenters. The van der Waals surface area contributed by atoms with Gasteiger partial charge in [-0.1, -0.05) is 26.7 Å². The Kier molecular flexibility index (Phi) is 5.92. The second-order valence-corrected chi connectivity index (χ2v) is 7.95. The predicted molar refractivity (Wildman–Crippen MR) is 88.0 cm³/mol. The molecule has 0 aromatic rings. The molecule has 118 valence electrons. The zero-order valence-electron chi connectivity index (χ0n) is 14.3. The van der Waals surface area contributed by atoms with Crippen molar-refractivity contribution >= 4 is 0 Å². The summed E-state index contributed by atoms with van der Waals surface area (Å²) in [5.41, 5.74) is 0.535. The molecule has 1 N–H and O–H groups in total. The van der Waals surface area contributed by atoms with E-state index in [9.17, 15) is 0 Å². The molecule has 2 aliphatic carbocycles. The fraction of sp³-hybridized carbons (Fsp3) is 1.00. The average molecular weight is 280 g/mol. The molecule has 2 atom stereocenters. The van der Waals surface area contributed by atoms with Crippen LogP contribution in [0.5, 0.6) is 0 Å². The van der Waals surface area contributed by atoms with Gasteiger partial charge in [0, 0.05) is 25.7 Å². The van der Waals surface area contributed by atoms with Crippen molar-refractivity contribution in [1.82, 2.24) is 10.2 Å². The Morgan fingerprint density at radius 1 is 1.25 bits per heavy atom. The van der Waals surface area contributed by atoms with Gasteiger partial charge in [-0.3, -0.25) is 0 Å². The van der Waals surface area contributed by atoms with Crippen LogP contribution in [-0.2, 0) is 0 Å². The molecule has 2 aliphatic rings. The lowest BCUT2D eigenvalue weighted by Gasteiger charge is -2.45. The van der Waals surface area contributed by atoms with Crippen LogP contribution in [0.25, 0.3) is 0 Å². The quantitative estimate of drug-likeness (QED) is 0.725. The van der Waals surface area contributed by atoms with E-state index in [2.05, 4.69) is 37.9 Å². The summed E-state index contributed by atoms with van der Waals surface area (Å²) in [7, 11) is 0. The van der Waals surface area contributed by atoms with Gasteiger partial charge in [0.25, 0.3) is 0 Å². The van der Waals surface area contributed by atoms with Crippen molar-refractivity contribution in [2.24, 2.45) is 17.3 Å². The highest BCUT2D eigenvalue weighted by Crippen LogP contribution is 2.41. The molecule has 2 fully saturated rings. The van der Waals surface area contributed by atoms with Gasteiger partial charge in [-0.25, -0.2) is 0 Å². The molecule has 2 nitrogen and oxygen atoms in total. The molecule has 0 bridgehead atoms. The fourth-order valence-corrected chi connectivity index (χ4v) is 4.04. The van der Waals surface area contributed by atoms with E-state index in [1.165, 1.54) is 58.2 Å². The third-order valence-electron chi connectivity index (χ3n) is 5.39. The van der Waals surface area contributed by atoms with E-state index in [0.29, 0.717) is 11.5 Å². The summed E-state index contributed by atoms with van der Waals surface area (Å²) >= 11 is 0. The van der Waals surface area contributed by atoms with Gasteiger partial charge in [-0.15, -0.1) is 0 Å². The zero-order chi connectivity index (χ0) is 14.6. The zero-order valence-corrected chi connectivity index (χ0v) is 14.3. The van der Waals surface area contributed by atoms with Crippen LogP contribution in [0.1, 0.15) is 66.2 Å². The lowest BCUT2D eigenvalue weighted by Crippen LogP contribution is -2.49. The van der Waals surface area contributed by atoms with E-state index in [4.69, 9.17) is 0 Å². The van der Waals surface area contributed by atoms with Gasteiger partial charge >= 0.3 is 0 Å². The summed E-state index contributed by atoms with van der Waals surface area (Å²) in [5, 5.41) is 3.67. The van der Waals surface area contributed by atoms with Crippen LogP contribution in [0, 0.1) is 17.3 Å². The van der Waals surface area contributed by atoms with E-state index < -0.39 is 0 Å². The minimum atomic E-state index is 0.535. The van der Waals surface area contributed by atoms with Crippen LogP contribution >= 0.6 is 0 Å². The Morgan fingerprint density at radius 2 is 2.00 bits per heavy atom. The second kappa shape index (κ2) is 7.26. The van der Waals surface area contributed by atoms with Gasteiger partial charge in [0.15, 0.2) is 0 Å². The fourth-order valence-electron chi connectivity index (χ4n) is 4.04. The Balaban J connectivity index is 1.99. The van der Waals surface area contributed by atoms with Crippen molar-refractivity contribution in [3.05, 3.63) is 0 Å². The van der Waals surface area contributed by atoms with Crippen LogP contribution in [0.15, 0.2) is 0 Å². The molecule has 0 heterocycles. The molecular formula is C18H36N2. The summed E-state index contributed by atoms with van der Waals surface area (Å²) in [6.07, 6.45) is 8.67. The molecule has 0 aromatic carbocycles. The van der Waals surface area contributed by atoms with Crippen LogP contribution in [0.4, 0.5) is 0 Å². The third kappa shape index (κ3) is 4.73. The van der Waals surface area contributed by atoms with Crippen molar-refractivity contribution in [3.8, 4) is 0 Å². The maximum atomic E-state index is 3.67. The Bertz CT molecular complexity index is 285. The molecule has 2 heteroatoms. The minimum absolute atomic E-state index is 0.535. The molecule has 2 saturated carbocycles. The molecule has 20 heavy (non-hydrogen) atoms. The summed E-state index contributed by atoms with van der Waals surface area (Å²) < 4.78 is 0. The maximum Gasteiger partial charge on any atom is 0.00531 e. The topological polar surface area (TPSA) is 15.3 Å². The molecule has 0 spiro atoms. The predicted octanol–water partition coefficient (Wildman–Crippen LogP) is 3.91. The number of hydrogen-bond donors (Lipinski definition) is 1. The highest BCUT2D eigenvalue weighted by atomic mass is 15.2. The van der Waals surface area contributed by atoms with Gasteiger partial charge in [0.2, 0.25) is 0 Å². The Labute approximate surface area is 126 Å². The van der Waals surface area contributed by atoms with Crippen molar-refractivity contribution in [2.75, 3.05) is 26.2 Å². The largest absolute Gasteiger partial charge is 0.316 e. The van der Waals surface area contributed by atoms with Crippen molar-refractivity contribution in [3.63, 3.8) is 0 Å². The van der Waals surface area contributed by atoms with Crippen LogP contribution in [-0.4, -0.2) is 37.1 Å².